The van der Waals surface area contributed by atoms with Crippen molar-refractivity contribution in [1.29, 1.82) is 0 Å². The maximum absolute atomic E-state index is 13.0. The summed E-state index contributed by atoms with van der Waals surface area (Å²) in [6.45, 7) is 13.9. The normalized spacial score (nSPS) is 28.3. The first-order valence-electron chi connectivity index (χ1n) is 13.8. The molecular weight excluding hydrogens is 584 g/mol. The van der Waals surface area contributed by atoms with E-state index in [9.17, 15) is 24.3 Å². The number of aliphatic hydroxyl groups is 1. The predicted octanol–water partition coefficient (Wildman–Crippen LogP) is 3.48. The van der Waals surface area contributed by atoms with Crippen molar-refractivity contribution in [2.24, 2.45) is 0 Å². The number of carbonyl (C=O) groups is 4. The lowest BCUT2D eigenvalue weighted by atomic mass is 9.81. The number of rotatable bonds is 5. The second kappa shape index (κ2) is 12.2. The van der Waals surface area contributed by atoms with Crippen LogP contribution >= 0.6 is 0 Å². The van der Waals surface area contributed by atoms with Crippen molar-refractivity contribution < 1.29 is 66.9 Å². The Bertz CT molecular complexity index is 1270. The van der Waals surface area contributed by atoms with Crippen LogP contribution < -0.4 is 0 Å². The minimum Gasteiger partial charge on any atom is -0.497 e. The van der Waals surface area contributed by atoms with E-state index in [0.29, 0.717) is 0 Å². The van der Waals surface area contributed by atoms with Crippen molar-refractivity contribution in [1.82, 2.24) is 0 Å². The van der Waals surface area contributed by atoms with E-state index >= 15 is 0 Å². The highest BCUT2D eigenvalue weighted by Gasteiger charge is 2.68. The van der Waals surface area contributed by atoms with Crippen molar-refractivity contribution in [2.45, 2.75) is 115 Å². The van der Waals surface area contributed by atoms with E-state index < -0.39 is 89.5 Å². The molecule has 44 heavy (non-hydrogen) atoms. The molecule has 0 aromatic rings. The average Bonchev–Trinajstić information content (AvgIpc) is 3.13. The summed E-state index contributed by atoms with van der Waals surface area (Å²) in [5.41, 5.74) is -5.53. The Morgan fingerprint density at radius 3 is 1.89 bits per heavy atom. The summed E-state index contributed by atoms with van der Waals surface area (Å²) in [5.74, 6) is 0.823. The van der Waals surface area contributed by atoms with Crippen LogP contribution in [0.15, 0.2) is 23.2 Å². The minimum atomic E-state index is -2.30. The van der Waals surface area contributed by atoms with Crippen LogP contribution in [-0.4, -0.2) is 96.0 Å². The van der Waals surface area contributed by atoms with Gasteiger partial charge < -0.3 is 47.7 Å². The Labute approximate surface area is 255 Å². The Balaban J connectivity index is 2.13. The molecule has 2 fully saturated rings. The fourth-order valence-electron chi connectivity index (χ4n) is 4.61. The van der Waals surface area contributed by atoms with Crippen LogP contribution in [0.25, 0.3) is 0 Å². The van der Waals surface area contributed by atoms with Crippen LogP contribution in [0.3, 0.4) is 0 Å². The first kappa shape index (κ1) is 34.5. The molecule has 6 atom stereocenters. The molecule has 0 spiro atoms. The molecule has 2 aliphatic heterocycles. The van der Waals surface area contributed by atoms with Gasteiger partial charge in [0, 0.05) is 6.08 Å². The maximum atomic E-state index is 13.0. The summed E-state index contributed by atoms with van der Waals surface area (Å²) in [6.07, 6.45) is -4.46. The van der Waals surface area contributed by atoms with E-state index in [1.807, 2.05) is 0 Å². The van der Waals surface area contributed by atoms with E-state index in [1.54, 1.807) is 62.3 Å². The molecule has 3 rings (SSSR count). The standard InChI is InChI=1S/C30H40O14/c1-12-15-16(31)13-18(36-11)30(35)22(15)39-21-20(41-26(34)44-29(8,9)10)19(40-25(33)43-28(5,6)7)17(38-23(21)30)14-37-24(32)42-27(2,3)4/h1,13,17,19-21,23,35H,14H2,2-11H3/t17-,19-,20+,21-,23-,30+/m1/s1. The minimum absolute atomic E-state index is 0.279. The first-order chi connectivity index (χ1) is 20.1. The number of hydrogen-bond acceptors (Lipinski definition) is 14. The van der Waals surface area contributed by atoms with Crippen molar-refractivity contribution in [3.05, 3.63) is 23.2 Å². The number of fused-ring (bicyclic) bond motifs is 3. The Morgan fingerprint density at radius 1 is 0.909 bits per heavy atom. The second-order valence-electron chi connectivity index (χ2n) is 13.2. The van der Waals surface area contributed by atoms with Gasteiger partial charge in [-0.2, -0.15) is 0 Å². The third kappa shape index (κ3) is 7.75. The van der Waals surface area contributed by atoms with Crippen LogP contribution in [0.2, 0.25) is 0 Å². The highest BCUT2D eigenvalue weighted by atomic mass is 16.8. The lowest BCUT2D eigenvalue weighted by molar-refractivity contribution is -0.241. The Hall–Kier alpha value is -3.96. The topological polar surface area (TPSA) is 172 Å². The molecule has 3 aliphatic rings. The van der Waals surface area contributed by atoms with Gasteiger partial charge in [-0.05, 0) is 62.3 Å². The zero-order valence-corrected chi connectivity index (χ0v) is 26.5. The molecule has 2 saturated heterocycles. The second-order valence-corrected chi connectivity index (χ2v) is 13.2. The van der Waals surface area contributed by atoms with Gasteiger partial charge in [0.15, 0.2) is 24.1 Å². The Kier molecular flexibility index (Phi) is 9.58. The smallest absolute Gasteiger partial charge is 0.497 e. The third-order valence-electron chi connectivity index (χ3n) is 6.12. The van der Waals surface area contributed by atoms with Gasteiger partial charge in [0.05, 0.1) is 7.11 Å². The summed E-state index contributed by atoms with van der Waals surface area (Å²) in [4.78, 5) is 51.1. The van der Waals surface area contributed by atoms with Gasteiger partial charge in [-0.25, -0.2) is 14.4 Å². The zero-order chi connectivity index (χ0) is 33.4. The SMILES string of the molecule is C#CC1=C2O[C@@H]3[C@@H](OC(=O)OC(C)(C)C)[C@H](OC(=O)OC(C)(C)C)[C@@H](COC(=O)OC(C)(C)C)O[C@H]3[C@]2(O)C(OC)=CC1=O. The van der Waals surface area contributed by atoms with E-state index in [0.717, 1.165) is 6.08 Å². The van der Waals surface area contributed by atoms with Gasteiger partial charge >= 0.3 is 18.5 Å². The van der Waals surface area contributed by atoms with Gasteiger partial charge in [0.1, 0.15) is 47.0 Å². The van der Waals surface area contributed by atoms with Gasteiger partial charge in [0.25, 0.3) is 0 Å². The summed E-state index contributed by atoms with van der Waals surface area (Å²) >= 11 is 0. The third-order valence-corrected chi connectivity index (χ3v) is 6.12. The van der Waals surface area contributed by atoms with Crippen molar-refractivity contribution >= 4 is 24.2 Å². The molecule has 0 aromatic heterocycles. The molecule has 14 nitrogen and oxygen atoms in total. The quantitative estimate of drug-likeness (QED) is 0.268. The summed E-state index contributed by atoms with van der Waals surface area (Å²) in [6, 6.07) is 0. The van der Waals surface area contributed by atoms with Gasteiger partial charge in [-0.1, -0.05) is 5.92 Å². The lowest BCUT2D eigenvalue weighted by Crippen LogP contribution is -2.64. The van der Waals surface area contributed by atoms with Crippen LogP contribution in [0.4, 0.5) is 14.4 Å². The van der Waals surface area contributed by atoms with Crippen LogP contribution in [0.1, 0.15) is 62.3 Å². The molecule has 0 amide bonds. The van der Waals surface area contributed by atoms with Gasteiger partial charge in [0.2, 0.25) is 11.4 Å². The van der Waals surface area contributed by atoms with Crippen molar-refractivity contribution in [3.63, 3.8) is 0 Å². The van der Waals surface area contributed by atoms with E-state index in [2.05, 4.69) is 5.92 Å². The number of allylic oxidation sites excluding steroid dienone is 2. The number of ether oxygens (including phenoxy) is 9. The van der Waals surface area contributed by atoms with E-state index in [4.69, 9.17) is 49.1 Å². The lowest BCUT2D eigenvalue weighted by Gasteiger charge is -2.44. The monoisotopic (exact) mass is 624 g/mol. The molecule has 0 bridgehead atoms. The molecule has 0 radical (unpaired) electrons. The zero-order valence-electron chi connectivity index (χ0n) is 26.5. The predicted molar refractivity (Wildman–Crippen MR) is 149 cm³/mol. The Morgan fingerprint density at radius 2 is 1.41 bits per heavy atom. The first-order valence-corrected chi connectivity index (χ1v) is 13.8. The van der Waals surface area contributed by atoms with Gasteiger partial charge in [-0.15, -0.1) is 6.42 Å². The molecule has 1 N–H and O–H groups in total. The molecule has 1 aliphatic carbocycles. The molecule has 2 heterocycles. The number of ketones is 1. The fourth-order valence-corrected chi connectivity index (χ4v) is 4.61. The van der Waals surface area contributed by atoms with Gasteiger partial charge in [-0.3, -0.25) is 4.79 Å². The number of hydrogen-bond donors (Lipinski definition) is 1. The number of terminal acetylenes is 1. The molecule has 0 aromatic carbocycles. The van der Waals surface area contributed by atoms with E-state index in [-0.39, 0.29) is 11.3 Å². The number of methoxy groups -OCH3 is 1. The average molecular weight is 625 g/mol. The molecule has 0 unspecified atom stereocenters. The summed E-state index contributed by atoms with van der Waals surface area (Å²) < 4.78 is 49.8. The maximum Gasteiger partial charge on any atom is 0.509 e. The summed E-state index contributed by atoms with van der Waals surface area (Å²) in [5, 5.41) is 12.0. The molecule has 244 valence electrons. The molecular formula is C30H40O14. The van der Waals surface area contributed by atoms with Crippen LogP contribution in [0, 0.1) is 12.3 Å². The molecule has 0 saturated carbocycles. The number of carbonyl (C=O) groups excluding carboxylic acids is 4. The van der Waals surface area contributed by atoms with Crippen LogP contribution in [-0.2, 0) is 47.4 Å². The van der Waals surface area contributed by atoms with Crippen LogP contribution in [0.5, 0.6) is 0 Å². The largest absolute Gasteiger partial charge is 0.509 e. The highest BCUT2D eigenvalue weighted by Crippen LogP contribution is 2.50. The highest BCUT2D eigenvalue weighted by molar-refractivity contribution is 6.09. The summed E-state index contributed by atoms with van der Waals surface area (Å²) in [7, 11) is 1.21. The van der Waals surface area contributed by atoms with E-state index in [1.165, 1.54) is 7.11 Å². The van der Waals surface area contributed by atoms with Crippen molar-refractivity contribution in [3.8, 4) is 12.3 Å². The van der Waals surface area contributed by atoms with Crippen molar-refractivity contribution in [2.75, 3.05) is 13.7 Å². The molecule has 14 heteroatoms. The fraction of sp³-hybridized carbons (Fsp3) is 0.667.